The Morgan fingerprint density at radius 3 is 2.86 bits per heavy atom. The highest BCUT2D eigenvalue weighted by Gasteiger charge is 2.06. The zero-order valence-corrected chi connectivity index (χ0v) is 9.91. The molecule has 1 unspecified atom stereocenters. The van der Waals surface area contributed by atoms with Crippen LogP contribution in [0, 0.1) is 10.6 Å². The Morgan fingerprint density at radius 1 is 1.64 bits per heavy atom. The second kappa shape index (κ2) is 4.27. The highest BCUT2D eigenvalue weighted by Crippen LogP contribution is 2.24. The van der Waals surface area contributed by atoms with Gasteiger partial charge in [0.25, 0.3) is 0 Å². The Morgan fingerprint density at radius 2 is 2.29 bits per heavy atom. The molecule has 0 bridgehead atoms. The first-order valence-corrected chi connectivity index (χ1v) is 6.46. The molecular formula is C8H10BrFN2OS. The number of halogens is 2. The first-order chi connectivity index (χ1) is 6.44. The highest BCUT2D eigenvalue weighted by molar-refractivity contribution is 9.10. The van der Waals surface area contributed by atoms with Crippen molar-refractivity contribution in [1.82, 2.24) is 0 Å². The van der Waals surface area contributed by atoms with Crippen LogP contribution in [0.1, 0.15) is 6.92 Å². The number of rotatable bonds is 3. The van der Waals surface area contributed by atoms with Crippen molar-refractivity contribution in [2.45, 2.75) is 6.92 Å². The Labute approximate surface area is 90.9 Å². The number of nitrogens with one attached hydrogen (secondary N) is 2. The highest BCUT2D eigenvalue weighted by atomic mass is 79.9. The van der Waals surface area contributed by atoms with Gasteiger partial charge < -0.3 is 0 Å². The molecule has 0 saturated carbocycles. The summed E-state index contributed by atoms with van der Waals surface area (Å²) in [5.74, 6) is -0.252. The van der Waals surface area contributed by atoms with E-state index in [1.165, 1.54) is 18.2 Å². The third-order valence-electron chi connectivity index (χ3n) is 1.61. The maximum absolute atomic E-state index is 12.8. The minimum Gasteiger partial charge on any atom is -0.298 e. The molecule has 1 aromatic carbocycles. The van der Waals surface area contributed by atoms with E-state index in [4.69, 9.17) is 4.78 Å². The SMILES string of the molecule is CCS(=N)(=O)Nc1cc(F)ccc1Br. The van der Waals surface area contributed by atoms with Gasteiger partial charge in [-0.05, 0) is 34.1 Å². The molecule has 0 radical (unpaired) electrons. The van der Waals surface area contributed by atoms with Gasteiger partial charge >= 0.3 is 0 Å². The minimum atomic E-state index is -2.86. The van der Waals surface area contributed by atoms with Crippen LogP contribution in [0.2, 0.25) is 0 Å². The summed E-state index contributed by atoms with van der Waals surface area (Å²) >= 11 is 3.17. The lowest BCUT2D eigenvalue weighted by Gasteiger charge is -2.10. The van der Waals surface area contributed by atoms with Gasteiger partial charge in [0.2, 0.25) is 0 Å². The predicted molar refractivity (Wildman–Crippen MR) is 59.1 cm³/mol. The largest absolute Gasteiger partial charge is 0.298 e. The van der Waals surface area contributed by atoms with Crippen molar-refractivity contribution in [2.24, 2.45) is 0 Å². The van der Waals surface area contributed by atoms with Crippen LogP contribution < -0.4 is 4.72 Å². The summed E-state index contributed by atoms with van der Waals surface area (Å²) in [5.41, 5.74) is 0.340. The molecule has 0 saturated heterocycles. The van der Waals surface area contributed by atoms with E-state index >= 15 is 0 Å². The van der Waals surface area contributed by atoms with Crippen molar-refractivity contribution in [2.75, 3.05) is 10.5 Å². The van der Waals surface area contributed by atoms with Crippen LogP contribution in [-0.2, 0) is 9.92 Å². The Kier molecular flexibility index (Phi) is 3.49. The monoisotopic (exact) mass is 280 g/mol. The maximum atomic E-state index is 12.8. The molecule has 1 rings (SSSR count). The number of benzene rings is 1. The van der Waals surface area contributed by atoms with E-state index in [-0.39, 0.29) is 5.75 Å². The van der Waals surface area contributed by atoms with Crippen LogP contribution in [0.15, 0.2) is 22.7 Å². The molecule has 3 nitrogen and oxygen atoms in total. The van der Waals surface area contributed by atoms with Gasteiger partial charge in [-0.15, -0.1) is 0 Å². The summed E-state index contributed by atoms with van der Waals surface area (Å²) in [5, 5.41) is 0. The van der Waals surface area contributed by atoms with Gasteiger partial charge in [0.15, 0.2) is 0 Å². The van der Waals surface area contributed by atoms with E-state index in [1.54, 1.807) is 6.92 Å². The van der Waals surface area contributed by atoms with Crippen molar-refractivity contribution < 1.29 is 8.60 Å². The van der Waals surface area contributed by atoms with Gasteiger partial charge in [0.1, 0.15) is 15.7 Å². The zero-order valence-electron chi connectivity index (χ0n) is 7.51. The number of hydrogen-bond donors (Lipinski definition) is 2. The molecular weight excluding hydrogens is 271 g/mol. The second-order valence-corrected chi connectivity index (χ2v) is 5.68. The molecule has 0 heterocycles. The first kappa shape index (κ1) is 11.5. The second-order valence-electron chi connectivity index (χ2n) is 2.69. The molecule has 0 amide bonds. The number of hydrogen-bond acceptors (Lipinski definition) is 2. The van der Waals surface area contributed by atoms with Crippen molar-refractivity contribution in [3.05, 3.63) is 28.5 Å². The van der Waals surface area contributed by atoms with Gasteiger partial charge in [-0.2, -0.15) is 0 Å². The molecule has 0 spiro atoms. The van der Waals surface area contributed by atoms with Crippen LogP contribution in [0.4, 0.5) is 10.1 Å². The maximum Gasteiger partial charge on any atom is 0.126 e. The smallest absolute Gasteiger partial charge is 0.126 e. The quantitative estimate of drug-likeness (QED) is 0.879. The first-order valence-electron chi connectivity index (χ1n) is 3.94. The van der Waals surface area contributed by atoms with Crippen LogP contribution in [0.25, 0.3) is 0 Å². The van der Waals surface area contributed by atoms with E-state index in [1.807, 2.05) is 0 Å². The van der Waals surface area contributed by atoms with Crippen molar-refractivity contribution in [3.63, 3.8) is 0 Å². The molecule has 0 aliphatic carbocycles. The normalized spacial score (nSPS) is 14.8. The molecule has 1 atom stereocenters. The lowest BCUT2D eigenvalue weighted by molar-refractivity contribution is 0.628. The Hall–Kier alpha value is -0.620. The summed E-state index contributed by atoms with van der Waals surface area (Å²) in [6.07, 6.45) is 0. The van der Waals surface area contributed by atoms with Gasteiger partial charge in [-0.25, -0.2) is 13.4 Å². The standard InChI is InChI=1S/C8H10BrFN2OS/c1-2-14(11,13)12-8-5-6(10)3-4-7(8)9/h3-5H,2H2,1H3,(H2,11,12,13). The van der Waals surface area contributed by atoms with Crippen LogP contribution >= 0.6 is 15.9 Å². The topological polar surface area (TPSA) is 53.0 Å². The summed E-state index contributed by atoms with van der Waals surface area (Å²) in [4.78, 5) is 0. The molecule has 2 N–H and O–H groups in total. The average Bonchev–Trinajstić information content (AvgIpc) is 2.11. The lowest BCUT2D eigenvalue weighted by atomic mass is 10.3. The predicted octanol–water partition coefficient (Wildman–Crippen LogP) is 2.98. The summed E-state index contributed by atoms with van der Waals surface area (Å²) in [7, 11) is -2.86. The average molecular weight is 281 g/mol. The van der Waals surface area contributed by atoms with E-state index < -0.39 is 15.7 Å². The molecule has 14 heavy (non-hydrogen) atoms. The van der Waals surface area contributed by atoms with Gasteiger partial charge in [-0.3, -0.25) is 4.72 Å². The van der Waals surface area contributed by atoms with E-state index in [2.05, 4.69) is 20.7 Å². The number of anilines is 1. The molecule has 78 valence electrons. The third kappa shape index (κ3) is 2.95. The summed E-state index contributed by atoms with van der Waals surface area (Å²) < 4.78 is 34.6. The van der Waals surface area contributed by atoms with E-state index in [9.17, 15) is 8.60 Å². The van der Waals surface area contributed by atoms with Gasteiger partial charge in [-0.1, -0.05) is 6.92 Å². The molecule has 0 aromatic heterocycles. The molecule has 0 aliphatic heterocycles. The molecule has 6 heteroatoms. The van der Waals surface area contributed by atoms with Crippen LogP contribution in [0.3, 0.4) is 0 Å². The minimum absolute atomic E-state index is 0.177. The van der Waals surface area contributed by atoms with Crippen molar-refractivity contribution in [1.29, 1.82) is 4.78 Å². The van der Waals surface area contributed by atoms with Gasteiger partial charge in [0, 0.05) is 10.2 Å². The molecule has 0 aliphatic rings. The Balaban J connectivity index is 3.03. The fourth-order valence-corrected chi connectivity index (χ4v) is 1.97. The fourth-order valence-electron chi connectivity index (χ4n) is 0.825. The summed E-state index contributed by atoms with van der Waals surface area (Å²) in [6, 6.07) is 3.99. The fraction of sp³-hybridized carbons (Fsp3) is 0.250. The van der Waals surface area contributed by atoms with E-state index in [0.29, 0.717) is 10.2 Å². The van der Waals surface area contributed by atoms with Gasteiger partial charge in [0.05, 0.1) is 5.69 Å². The van der Waals surface area contributed by atoms with Crippen molar-refractivity contribution in [3.8, 4) is 0 Å². The van der Waals surface area contributed by atoms with Crippen LogP contribution in [-0.4, -0.2) is 9.96 Å². The zero-order chi connectivity index (χ0) is 10.8. The Bertz CT molecular complexity index is 433. The summed E-state index contributed by atoms with van der Waals surface area (Å²) in [6.45, 7) is 1.63. The lowest BCUT2D eigenvalue weighted by Crippen LogP contribution is -2.13. The van der Waals surface area contributed by atoms with Crippen molar-refractivity contribution >= 4 is 31.5 Å². The van der Waals surface area contributed by atoms with E-state index in [0.717, 1.165) is 0 Å². The van der Waals surface area contributed by atoms with Crippen LogP contribution in [0.5, 0.6) is 0 Å². The molecule has 1 aromatic rings. The molecule has 0 fully saturated rings. The third-order valence-corrected chi connectivity index (χ3v) is 3.66.